The summed E-state index contributed by atoms with van der Waals surface area (Å²) in [7, 11) is 0. The first-order valence-electron chi connectivity index (χ1n) is 6.44. The predicted molar refractivity (Wildman–Crippen MR) is 75.5 cm³/mol. The van der Waals surface area contributed by atoms with E-state index in [9.17, 15) is 0 Å². The summed E-state index contributed by atoms with van der Waals surface area (Å²) in [6.45, 7) is 3.29. The van der Waals surface area contributed by atoms with Crippen LogP contribution in [0.25, 0.3) is 0 Å². The molecule has 0 spiro atoms. The maximum atomic E-state index is 5.99. The first-order chi connectivity index (χ1) is 8.15. The zero-order chi connectivity index (χ0) is 12.3. The van der Waals surface area contributed by atoms with Crippen LogP contribution in [0.5, 0.6) is 0 Å². The van der Waals surface area contributed by atoms with E-state index in [-0.39, 0.29) is 0 Å². The Balaban J connectivity index is 2.03. The van der Waals surface area contributed by atoms with Crippen molar-refractivity contribution >= 4 is 23.0 Å². The number of nitrogens with two attached hydrogens (primary N) is 1. The molecule has 94 valence electrons. The zero-order valence-corrected chi connectivity index (χ0v) is 11.2. The largest absolute Gasteiger partial charge is 0.397 e. The maximum Gasteiger partial charge on any atom is 0.0589 e. The van der Waals surface area contributed by atoms with Crippen LogP contribution in [0.3, 0.4) is 0 Å². The molecule has 0 heterocycles. The van der Waals surface area contributed by atoms with Crippen molar-refractivity contribution < 1.29 is 0 Å². The Morgan fingerprint density at radius 3 is 2.71 bits per heavy atom. The summed E-state index contributed by atoms with van der Waals surface area (Å²) in [5.41, 5.74) is 8.15. The number of hydrogen-bond donors (Lipinski definition) is 2. The molecule has 2 rings (SSSR count). The third kappa shape index (κ3) is 2.86. The third-order valence-electron chi connectivity index (χ3n) is 4.08. The smallest absolute Gasteiger partial charge is 0.0589 e. The van der Waals surface area contributed by atoms with Crippen LogP contribution < -0.4 is 11.1 Å². The molecule has 3 heteroatoms. The normalized spacial score (nSPS) is 18.2. The molecule has 1 aliphatic rings. The van der Waals surface area contributed by atoms with Gasteiger partial charge >= 0.3 is 0 Å². The quantitative estimate of drug-likeness (QED) is 0.784. The van der Waals surface area contributed by atoms with E-state index < -0.39 is 0 Å². The molecule has 0 saturated heterocycles. The van der Waals surface area contributed by atoms with Crippen molar-refractivity contribution in [2.75, 3.05) is 17.6 Å². The molecule has 2 nitrogen and oxygen atoms in total. The van der Waals surface area contributed by atoms with E-state index >= 15 is 0 Å². The van der Waals surface area contributed by atoms with Gasteiger partial charge in [0.25, 0.3) is 0 Å². The SMILES string of the molecule is CCC1(CNc2cc(Cl)ccc2N)CCCC1. The number of benzene rings is 1. The van der Waals surface area contributed by atoms with E-state index in [0.29, 0.717) is 5.41 Å². The van der Waals surface area contributed by atoms with E-state index in [2.05, 4.69) is 12.2 Å². The first-order valence-corrected chi connectivity index (χ1v) is 6.82. The topological polar surface area (TPSA) is 38.0 Å². The van der Waals surface area contributed by atoms with Gasteiger partial charge in [-0.15, -0.1) is 0 Å². The molecule has 1 saturated carbocycles. The van der Waals surface area contributed by atoms with Gasteiger partial charge in [-0.1, -0.05) is 31.4 Å². The lowest BCUT2D eigenvalue weighted by Crippen LogP contribution is -2.26. The van der Waals surface area contributed by atoms with Crippen molar-refractivity contribution in [1.29, 1.82) is 0 Å². The molecule has 0 unspecified atom stereocenters. The Bertz CT molecular complexity index is 384. The van der Waals surface area contributed by atoms with Gasteiger partial charge in [-0.25, -0.2) is 0 Å². The summed E-state index contributed by atoms with van der Waals surface area (Å²) in [5, 5.41) is 4.21. The molecule has 0 aliphatic heterocycles. The second kappa shape index (κ2) is 5.18. The van der Waals surface area contributed by atoms with Gasteiger partial charge in [0.1, 0.15) is 0 Å². The van der Waals surface area contributed by atoms with Crippen LogP contribution in [0.15, 0.2) is 18.2 Å². The molecule has 0 bridgehead atoms. The third-order valence-corrected chi connectivity index (χ3v) is 4.32. The van der Waals surface area contributed by atoms with Crippen LogP contribution in [0.4, 0.5) is 11.4 Å². The van der Waals surface area contributed by atoms with Crippen LogP contribution in [0.1, 0.15) is 39.0 Å². The van der Waals surface area contributed by atoms with Crippen molar-refractivity contribution in [2.24, 2.45) is 5.41 Å². The van der Waals surface area contributed by atoms with Crippen LogP contribution in [0, 0.1) is 5.41 Å². The van der Waals surface area contributed by atoms with E-state index in [4.69, 9.17) is 17.3 Å². The minimum absolute atomic E-state index is 0.467. The second-order valence-electron chi connectivity index (χ2n) is 5.15. The van der Waals surface area contributed by atoms with E-state index in [0.717, 1.165) is 22.9 Å². The summed E-state index contributed by atoms with van der Waals surface area (Å²) >= 11 is 5.99. The summed E-state index contributed by atoms with van der Waals surface area (Å²) in [6, 6.07) is 5.60. The molecule has 0 amide bonds. The number of rotatable bonds is 4. The molecule has 0 aromatic heterocycles. The molecule has 0 atom stereocenters. The Morgan fingerprint density at radius 1 is 1.35 bits per heavy atom. The lowest BCUT2D eigenvalue weighted by atomic mass is 9.83. The summed E-state index contributed by atoms with van der Waals surface area (Å²) in [5.74, 6) is 0. The van der Waals surface area contributed by atoms with Crippen molar-refractivity contribution in [1.82, 2.24) is 0 Å². The van der Waals surface area contributed by atoms with E-state index in [1.165, 1.54) is 32.1 Å². The Kier molecular flexibility index (Phi) is 3.82. The fourth-order valence-electron chi connectivity index (χ4n) is 2.74. The van der Waals surface area contributed by atoms with Gasteiger partial charge in [0, 0.05) is 11.6 Å². The molecular formula is C14H21ClN2. The average molecular weight is 253 g/mol. The number of anilines is 2. The van der Waals surface area contributed by atoms with Gasteiger partial charge in [-0.3, -0.25) is 0 Å². The van der Waals surface area contributed by atoms with Gasteiger partial charge in [0.2, 0.25) is 0 Å². The zero-order valence-electron chi connectivity index (χ0n) is 10.4. The minimum Gasteiger partial charge on any atom is -0.397 e. The fourth-order valence-corrected chi connectivity index (χ4v) is 2.92. The minimum atomic E-state index is 0.467. The van der Waals surface area contributed by atoms with E-state index in [1.54, 1.807) is 0 Å². The number of nitrogen functional groups attached to an aromatic ring is 1. The highest BCUT2D eigenvalue weighted by Crippen LogP contribution is 2.41. The monoisotopic (exact) mass is 252 g/mol. The van der Waals surface area contributed by atoms with Crippen molar-refractivity contribution in [3.63, 3.8) is 0 Å². The predicted octanol–water partition coefficient (Wildman–Crippen LogP) is 4.30. The molecule has 1 aromatic carbocycles. The van der Waals surface area contributed by atoms with Crippen molar-refractivity contribution in [3.05, 3.63) is 23.2 Å². The molecule has 1 aliphatic carbocycles. The molecular weight excluding hydrogens is 232 g/mol. The highest BCUT2D eigenvalue weighted by Gasteiger charge is 2.31. The van der Waals surface area contributed by atoms with Crippen molar-refractivity contribution in [2.45, 2.75) is 39.0 Å². The van der Waals surface area contributed by atoms with Crippen LogP contribution >= 0.6 is 11.6 Å². The fraction of sp³-hybridized carbons (Fsp3) is 0.571. The lowest BCUT2D eigenvalue weighted by molar-refractivity contribution is 0.307. The van der Waals surface area contributed by atoms with Crippen LogP contribution in [-0.4, -0.2) is 6.54 Å². The molecule has 3 N–H and O–H groups in total. The summed E-state index contributed by atoms with van der Waals surface area (Å²) in [4.78, 5) is 0. The molecule has 17 heavy (non-hydrogen) atoms. The Hall–Kier alpha value is -0.890. The maximum absolute atomic E-state index is 5.99. The lowest BCUT2D eigenvalue weighted by Gasteiger charge is -2.28. The van der Waals surface area contributed by atoms with Crippen LogP contribution in [-0.2, 0) is 0 Å². The standard InChI is InChI=1S/C14H21ClN2/c1-2-14(7-3-4-8-14)10-17-13-9-11(15)5-6-12(13)16/h5-6,9,17H,2-4,7-8,10,16H2,1H3. The molecule has 1 aromatic rings. The Labute approximate surface area is 109 Å². The van der Waals surface area contributed by atoms with Gasteiger partial charge in [-0.2, -0.15) is 0 Å². The van der Waals surface area contributed by atoms with Gasteiger partial charge in [0.05, 0.1) is 11.4 Å². The number of halogens is 1. The van der Waals surface area contributed by atoms with Crippen molar-refractivity contribution in [3.8, 4) is 0 Å². The highest BCUT2D eigenvalue weighted by atomic mass is 35.5. The molecule has 0 radical (unpaired) electrons. The van der Waals surface area contributed by atoms with Gasteiger partial charge < -0.3 is 11.1 Å². The summed E-state index contributed by atoms with van der Waals surface area (Å²) < 4.78 is 0. The Morgan fingerprint density at radius 2 is 2.06 bits per heavy atom. The summed E-state index contributed by atoms with van der Waals surface area (Å²) in [6.07, 6.45) is 6.62. The first kappa shape index (κ1) is 12.6. The average Bonchev–Trinajstić information content (AvgIpc) is 2.80. The van der Waals surface area contributed by atoms with Gasteiger partial charge in [-0.05, 0) is 42.9 Å². The van der Waals surface area contributed by atoms with Crippen LogP contribution in [0.2, 0.25) is 5.02 Å². The number of nitrogens with one attached hydrogen (secondary N) is 1. The van der Waals surface area contributed by atoms with Gasteiger partial charge in [0.15, 0.2) is 0 Å². The highest BCUT2D eigenvalue weighted by molar-refractivity contribution is 6.31. The molecule has 1 fully saturated rings. The van der Waals surface area contributed by atoms with E-state index in [1.807, 2.05) is 18.2 Å². The number of hydrogen-bond acceptors (Lipinski definition) is 2. The second-order valence-corrected chi connectivity index (χ2v) is 5.58.